The number of hydrogen-bond acceptors (Lipinski definition) is 2. The molecule has 0 amide bonds. The fourth-order valence-electron chi connectivity index (χ4n) is 2.07. The molecule has 1 unspecified atom stereocenters. The SMILES string of the molecule is CCC(C)c1ccc(NCc2ccc(C#N)cc2)cc1. The summed E-state index contributed by atoms with van der Waals surface area (Å²) in [7, 11) is 0. The third-order valence-corrected chi connectivity index (χ3v) is 3.67. The van der Waals surface area contributed by atoms with E-state index in [4.69, 9.17) is 5.26 Å². The van der Waals surface area contributed by atoms with E-state index in [9.17, 15) is 0 Å². The van der Waals surface area contributed by atoms with Crippen molar-refractivity contribution in [2.45, 2.75) is 32.7 Å². The average Bonchev–Trinajstić information content (AvgIpc) is 2.53. The van der Waals surface area contributed by atoms with E-state index in [1.807, 2.05) is 24.3 Å². The fraction of sp³-hybridized carbons (Fsp3) is 0.278. The van der Waals surface area contributed by atoms with Gasteiger partial charge >= 0.3 is 0 Å². The minimum absolute atomic E-state index is 0.613. The van der Waals surface area contributed by atoms with Crippen LogP contribution in [-0.2, 0) is 6.54 Å². The third kappa shape index (κ3) is 3.61. The third-order valence-electron chi connectivity index (χ3n) is 3.67. The van der Waals surface area contributed by atoms with Crippen molar-refractivity contribution in [3.05, 3.63) is 65.2 Å². The number of rotatable bonds is 5. The van der Waals surface area contributed by atoms with Crippen LogP contribution in [-0.4, -0.2) is 0 Å². The highest BCUT2D eigenvalue weighted by atomic mass is 14.9. The van der Waals surface area contributed by atoms with Crippen molar-refractivity contribution in [2.24, 2.45) is 0 Å². The second kappa shape index (κ2) is 6.77. The zero-order chi connectivity index (χ0) is 14.4. The molecule has 0 bridgehead atoms. The van der Waals surface area contributed by atoms with Gasteiger partial charge in [0.2, 0.25) is 0 Å². The summed E-state index contributed by atoms with van der Waals surface area (Å²) >= 11 is 0. The van der Waals surface area contributed by atoms with Gasteiger partial charge in [-0.3, -0.25) is 0 Å². The van der Waals surface area contributed by atoms with E-state index in [-0.39, 0.29) is 0 Å². The summed E-state index contributed by atoms with van der Waals surface area (Å²) in [5, 5.41) is 12.2. The molecule has 1 N–H and O–H groups in total. The summed E-state index contributed by atoms with van der Waals surface area (Å²) in [5.41, 5.74) is 4.39. The highest BCUT2D eigenvalue weighted by Gasteiger charge is 2.02. The lowest BCUT2D eigenvalue weighted by molar-refractivity contribution is 0.734. The van der Waals surface area contributed by atoms with Gasteiger partial charge in [0.1, 0.15) is 0 Å². The average molecular weight is 264 g/mol. The Balaban J connectivity index is 1.95. The van der Waals surface area contributed by atoms with E-state index in [2.05, 4.69) is 49.5 Å². The van der Waals surface area contributed by atoms with Gasteiger partial charge in [-0.15, -0.1) is 0 Å². The van der Waals surface area contributed by atoms with Crippen molar-refractivity contribution in [3.63, 3.8) is 0 Å². The van der Waals surface area contributed by atoms with Gasteiger partial charge < -0.3 is 5.32 Å². The molecule has 2 aromatic carbocycles. The minimum Gasteiger partial charge on any atom is -0.381 e. The Kier molecular flexibility index (Phi) is 4.79. The maximum absolute atomic E-state index is 8.76. The van der Waals surface area contributed by atoms with Crippen LogP contribution in [0.5, 0.6) is 0 Å². The number of benzene rings is 2. The maximum Gasteiger partial charge on any atom is 0.0991 e. The first-order valence-corrected chi connectivity index (χ1v) is 7.05. The molecule has 0 spiro atoms. The van der Waals surface area contributed by atoms with E-state index in [1.54, 1.807) is 0 Å². The molecule has 0 aliphatic rings. The molecular formula is C18H20N2. The lowest BCUT2D eigenvalue weighted by Crippen LogP contribution is -2.00. The summed E-state index contributed by atoms with van der Waals surface area (Å²) in [4.78, 5) is 0. The lowest BCUT2D eigenvalue weighted by atomic mass is 9.98. The Morgan fingerprint density at radius 3 is 2.25 bits per heavy atom. The van der Waals surface area contributed by atoms with Crippen LogP contribution in [0.25, 0.3) is 0 Å². The fourth-order valence-corrected chi connectivity index (χ4v) is 2.07. The number of hydrogen-bond donors (Lipinski definition) is 1. The summed E-state index contributed by atoms with van der Waals surface area (Å²) < 4.78 is 0. The van der Waals surface area contributed by atoms with Crippen LogP contribution in [0.4, 0.5) is 5.69 Å². The molecule has 20 heavy (non-hydrogen) atoms. The van der Waals surface area contributed by atoms with Crippen LogP contribution in [0, 0.1) is 11.3 Å². The second-order valence-corrected chi connectivity index (χ2v) is 5.09. The maximum atomic E-state index is 8.76. The topological polar surface area (TPSA) is 35.8 Å². The zero-order valence-electron chi connectivity index (χ0n) is 12.1. The van der Waals surface area contributed by atoms with Gasteiger partial charge in [0.15, 0.2) is 0 Å². The van der Waals surface area contributed by atoms with Gasteiger partial charge in [-0.1, -0.05) is 38.1 Å². The molecule has 2 nitrogen and oxygen atoms in total. The quantitative estimate of drug-likeness (QED) is 0.850. The first-order valence-electron chi connectivity index (χ1n) is 7.05. The second-order valence-electron chi connectivity index (χ2n) is 5.09. The Morgan fingerprint density at radius 2 is 1.70 bits per heavy atom. The number of nitriles is 1. The van der Waals surface area contributed by atoms with Gasteiger partial charge in [-0.2, -0.15) is 5.26 Å². The van der Waals surface area contributed by atoms with Gasteiger partial charge in [-0.25, -0.2) is 0 Å². The Morgan fingerprint density at radius 1 is 1.05 bits per heavy atom. The van der Waals surface area contributed by atoms with E-state index in [1.165, 1.54) is 11.1 Å². The number of nitrogens with zero attached hydrogens (tertiary/aromatic N) is 1. The van der Waals surface area contributed by atoms with Crippen molar-refractivity contribution in [2.75, 3.05) is 5.32 Å². The molecule has 0 saturated carbocycles. The minimum atomic E-state index is 0.613. The Labute approximate surface area is 121 Å². The van der Waals surface area contributed by atoms with Gasteiger partial charge in [-0.05, 0) is 47.7 Å². The number of anilines is 1. The lowest BCUT2D eigenvalue weighted by Gasteiger charge is -2.11. The van der Waals surface area contributed by atoms with Crippen molar-refractivity contribution in [3.8, 4) is 6.07 Å². The molecule has 0 radical (unpaired) electrons. The Hall–Kier alpha value is -2.27. The molecule has 0 aliphatic heterocycles. The van der Waals surface area contributed by atoms with Crippen LogP contribution in [0.2, 0.25) is 0 Å². The molecule has 0 aromatic heterocycles. The standard InChI is InChI=1S/C18H20N2/c1-3-14(2)17-8-10-18(11-9-17)20-13-16-6-4-15(12-19)5-7-16/h4-11,14,20H,3,13H2,1-2H3. The molecule has 102 valence electrons. The molecule has 2 aromatic rings. The van der Waals surface area contributed by atoms with Crippen molar-refractivity contribution in [1.82, 2.24) is 0 Å². The van der Waals surface area contributed by atoms with E-state index in [0.29, 0.717) is 11.5 Å². The van der Waals surface area contributed by atoms with E-state index < -0.39 is 0 Å². The largest absolute Gasteiger partial charge is 0.381 e. The molecule has 2 heteroatoms. The van der Waals surface area contributed by atoms with Crippen molar-refractivity contribution in [1.29, 1.82) is 5.26 Å². The molecule has 0 heterocycles. The van der Waals surface area contributed by atoms with E-state index in [0.717, 1.165) is 18.7 Å². The first kappa shape index (κ1) is 14.1. The zero-order valence-corrected chi connectivity index (χ0v) is 12.1. The van der Waals surface area contributed by atoms with Crippen LogP contribution in [0.1, 0.15) is 42.9 Å². The monoisotopic (exact) mass is 264 g/mol. The predicted molar refractivity (Wildman–Crippen MR) is 83.6 cm³/mol. The molecule has 0 saturated heterocycles. The molecule has 0 aliphatic carbocycles. The van der Waals surface area contributed by atoms with Crippen molar-refractivity contribution < 1.29 is 0 Å². The summed E-state index contributed by atoms with van der Waals surface area (Å²) in [6.07, 6.45) is 1.16. The van der Waals surface area contributed by atoms with Gasteiger partial charge in [0.25, 0.3) is 0 Å². The highest BCUT2D eigenvalue weighted by Crippen LogP contribution is 2.20. The molecule has 2 rings (SSSR count). The predicted octanol–water partition coefficient (Wildman–Crippen LogP) is 4.68. The Bertz CT molecular complexity index is 576. The summed E-state index contributed by atoms with van der Waals surface area (Å²) in [6, 6.07) is 18.4. The summed E-state index contributed by atoms with van der Waals surface area (Å²) in [6.45, 7) is 5.23. The van der Waals surface area contributed by atoms with Crippen LogP contribution >= 0.6 is 0 Å². The summed E-state index contributed by atoms with van der Waals surface area (Å²) in [5.74, 6) is 0.613. The van der Waals surface area contributed by atoms with Crippen LogP contribution in [0.15, 0.2) is 48.5 Å². The first-order chi connectivity index (χ1) is 9.72. The van der Waals surface area contributed by atoms with Crippen molar-refractivity contribution >= 4 is 5.69 Å². The number of nitrogens with one attached hydrogen (secondary N) is 1. The normalized spacial score (nSPS) is 11.7. The molecule has 0 fully saturated rings. The van der Waals surface area contributed by atoms with Crippen LogP contribution in [0.3, 0.4) is 0 Å². The van der Waals surface area contributed by atoms with Gasteiger partial charge in [0.05, 0.1) is 11.6 Å². The smallest absolute Gasteiger partial charge is 0.0991 e. The van der Waals surface area contributed by atoms with Gasteiger partial charge in [0, 0.05) is 12.2 Å². The van der Waals surface area contributed by atoms with Crippen LogP contribution < -0.4 is 5.32 Å². The highest BCUT2D eigenvalue weighted by molar-refractivity contribution is 5.46. The van der Waals surface area contributed by atoms with E-state index >= 15 is 0 Å². The molecular weight excluding hydrogens is 244 g/mol. The molecule has 1 atom stereocenters.